The van der Waals surface area contributed by atoms with E-state index in [4.69, 9.17) is 11.6 Å². The van der Waals surface area contributed by atoms with Gasteiger partial charge in [-0.15, -0.1) is 0 Å². The summed E-state index contributed by atoms with van der Waals surface area (Å²) in [6.07, 6.45) is 0. The molecule has 1 atom stereocenters. The molecule has 2 N–H and O–H groups in total. The molecule has 0 saturated heterocycles. The number of benzene rings is 3. The van der Waals surface area contributed by atoms with E-state index < -0.39 is 32.9 Å². The molecule has 1 heterocycles. The number of nitrogens with zero attached hydrogens (tertiary/aromatic N) is 4. The fraction of sp³-hybridized carbons (Fsp3) is 0.0870. The molecule has 0 aromatic heterocycles. The van der Waals surface area contributed by atoms with Gasteiger partial charge in [0, 0.05) is 11.3 Å². The van der Waals surface area contributed by atoms with Crippen LogP contribution in [0.25, 0.3) is 0 Å². The lowest BCUT2D eigenvalue weighted by Crippen LogP contribution is -2.29. The molecule has 0 fully saturated rings. The van der Waals surface area contributed by atoms with Crippen molar-refractivity contribution in [1.29, 1.82) is 0 Å². The fourth-order valence-corrected chi connectivity index (χ4v) is 4.11. The third-order valence-corrected chi connectivity index (χ3v) is 6.21. The minimum absolute atomic E-state index is 0.209. The number of carbonyl (C=O) groups is 2. The number of halogens is 1. The highest BCUT2D eigenvalue weighted by Gasteiger charge is 2.35. The largest absolute Gasteiger partial charge is 0.322 e. The van der Waals surface area contributed by atoms with Crippen molar-refractivity contribution in [1.82, 2.24) is 0 Å². The molecule has 0 bridgehead atoms. The summed E-state index contributed by atoms with van der Waals surface area (Å²) in [7, 11) is -4.67. The molecule has 12 heteroatoms. The topological polar surface area (TPSA) is 141 Å². The van der Waals surface area contributed by atoms with E-state index in [9.17, 15) is 22.6 Å². The molecule has 2 amide bonds. The molecule has 4 rings (SSSR count). The Morgan fingerprint density at radius 2 is 1.77 bits per heavy atom. The minimum atomic E-state index is -4.67. The highest BCUT2D eigenvalue weighted by Crippen LogP contribution is 2.32. The first kappa shape index (κ1) is 24.2. The summed E-state index contributed by atoms with van der Waals surface area (Å²) in [6.45, 7) is 1.57. The monoisotopic (exact) mass is 511 g/mol. The van der Waals surface area contributed by atoms with Crippen molar-refractivity contribution < 1.29 is 22.6 Å². The van der Waals surface area contributed by atoms with Crippen molar-refractivity contribution in [3.8, 4) is 0 Å². The van der Waals surface area contributed by atoms with Crippen LogP contribution in [0.1, 0.15) is 17.3 Å². The van der Waals surface area contributed by atoms with Gasteiger partial charge in [-0.2, -0.15) is 28.8 Å². The second kappa shape index (κ2) is 9.74. The van der Waals surface area contributed by atoms with Crippen LogP contribution in [-0.2, 0) is 14.9 Å². The van der Waals surface area contributed by atoms with E-state index in [1.54, 1.807) is 61.5 Å². The number of para-hydroxylation sites is 1. The van der Waals surface area contributed by atoms with Crippen LogP contribution in [0.3, 0.4) is 0 Å². The van der Waals surface area contributed by atoms with Gasteiger partial charge >= 0.3 is 0 Å². The second-order valence-corrected chi connectivity index (χ2v) is 9.24. The smallest absolute Gasteiger partial charge is 0.296 e. The Balaban J connectivity index is 1.63. The quantitative estimate of drug-likeness (QED) is 0.364. The summed E-state index contributed by atoms with van der Waals surface area (Å²) in [4.78, 5) is 24.8. The van der Waals surface area contributed by atoms with E-state index in [-0.39, 0.29) is 11.4 Å². The highest BCUT2D eigenvalue weighted by molar-refractivity contribution is 7.86. The number of carbonyl (C=O) groups excluding carboxylic acids is 2. The number of nitrogens with one attached hydrogen (secondary N) is 1. The Morgan fingerprint density at radius 3 is 2.46 bits per heavy atom. The summed E-state index contributed by atoms with van der Waals surface area (Å²) in [6, 6.07) is 17.5. The van der Waals surface area contributed by atoms with E-state index in [0.29, 0.717) is 22.0 Å². The van der Waals surface area contributed by atoms with Crippen molar-refractivity contribution in [3.63, 3.8) is 0 Å². The van der Waals surface area contributed by atoms with Crippen molar-refractivity contribution >= 4 is 56.3 Å². The van der Waals surface area contributed by atoms with E-state index >= 15 is 0 Å². The number of hydrogen-bond acceptors (Lipinski definition) is 7. The first-order valence-corrected chi connectivity index (χ1v) is 12.0. The minimum Gasteiger partial charge on any atom is -0.322 e. The standard InChI is InChI=1S/C23H18ClN5O5S/c1-14-21(23(31)29(28-14)19-10-6-5-9-17(19)24)27-26-18-13-16(11-12-20(18)35(32,33)34)25-22(30)15-7-3-2-4-8-15/h2-13,21H,1H3,(H,25,30)(H,32,33,34). The van der Waals surface area contributed by atoms with Crippen molar-refractivity contribution in [2.75, 3.05) is 10.3 Å². The van der Waals surface area contributed by atoms with Crippen molar-refractivity contribution in [3.05, 3.63) is 83.4 Å². The number of rotatable bonds is 6. The van der Waals surface area contributed by atoms with Gasteiger partial charge in [0.15, 0.2) is 6.04 Å². The molecular formula is C23H18ClN5O5S. The van der Waals surface area contributed by atoms with Gasteiger partial charge in [-0.1, -0.05) is 41.9 Å². The Hall–Kier alpha value is -3.93. The van der Waals surface area contributed by atoms with Crippen molar-refractivity contribution in [2.45, 2.75) is 17.9 Å². The third kappa shape index (κ3) is 5.27. The zero-order valence-electron chi connectivity index (χ0n) is 18.2. The van der Waals surface area contributed by atoms with Crippen LogP contribution in [0.4, 0.5) is 17.1 Å². The van der Waals surface area contributed by atoms with E-state index in [0.717, 1.165) is 11.1 Å². The Bertz CT molecular complexity index is 1470. The fourth-order valence-electron chi connectivity index (χ4n) is 3.29. The molecule has 3 aromatic carbocycles. The molecule has 35 heavy (non-hydrogen) atoms. The molecule has 1 aliphatic rings. The normalized spacial score (nSPS) is 16.0. The van der Waals surface area contributed by atoms with Gasteiger partial charge in [0.25, 0.3) is 21.9 Å². The van der Waals surface area contributed by atoms with Gasteiger partial charge in [-0.25, -0.2) is 0 Å². The lowest BCUT2D eigenvalue weighted by Gasteiger charge is -2.13. The molecule has 178 valence electrons. The molecule has 0 saturated carbocycles. The summed E-state index contributed by atoms with van der Waals surface area (Å²) in [5.41, 5.74) is 0.995. The second-order valence-electron chi connectivity index (χ2n) is 7.44. The van der Waals surface area contributed by atoms with Gasteiger partial charge < -0.3 is 5.32 Å². The maximum Gasteiger partial charge on any atom is 0.296 e. The molecule has 1 aliphatic heterocycles. The van der Waals surface area contributed by atoms with Crippen LogP contribution in [-0.4, -0.2) is 36.5 Å². The van der Waals surface area contributed by atoms with Crippen LogP contribution < -0.4 is 10.3 Å². The third-order valence-electron chi connectivity index (χ3n) is 4.99. The number of anilines is 2. The number of azo groups is 1. The summed E-state index contributed by atoms with van der Waals surface area (Å²) >= 11 is 6.17. The average Bonchev–Trinajstić information content (AvgIpc) is 3.10. The maximum atomic E-state index is 12.9. The zero-order valence-corrected chi connectivity index (χ0v) is 19.7. The van der Waals surface area contributed by atoms with Crippen LogP contribution in [0.5, 0.6) is 0 Å². The molecule has 0 radical (unpaired) electrons. The average molecular weight is 512 g/mol. The van der Waals surface area contributed by atoms with Gasteiger partial charge in [0.2, 0.25) is 0 Å². The Morgan fingerprint density at radius 1 is 1.09 bits per heavy atom. The van der Waals surface area contributed by atoms with Gasteiger partial charge in [0.05, 0.1) is 16.4 Å². The first-order valence-electron chi connectivity index (χ1n) is 10.2. The van der Waals surface area contributed by atoms with Gasteiger partial charge in [-0.3, -0.25) is 14.1 Å². The maximum absolute atomic E-state index is 12.9. The van der Waals surface area contributed by atoms with Crippen molar-refractivity contribution in [2.24, 2.45) is 15.3 Å². The first-order chi connectivity index (χ1) is 16.6. The predicted octanol–water partition coefficient (Wildman–Crippen LogP) is 4.71. The molecule has 3 aromatic rings. The Labute approximate surface area is 205 Å². The molecule has 0 aliphatic carbocycles. The summed E-state index contributed by atoms with van der Waals surface area (Å²) < 4.78 is 33.3. The summed E-state index contributed by atoms with van der Waals surface area (Å²) in [5.74, 6) is -0.973. The highest BCUT2D eigenvalue weighted by atomic mass is 35.5. The zero-order chi connectivity index (χ0) is 25.2. The van der Waals surface area contributed by atoms with Crippen LogP contribution >= 0.6 is 11.6 Å². The Kier molecular flexibility index (Phi) is 6.74. The number of hydrogen-bond donors (Lipinski definition) is 2. The molecular weight excluding hydrogens is 494 g/mol. The van der Waals surface area contributed by atoms with E-state index in [1.807, 2.05) is 0 Å². The predicted molar refractivity (Wildman–Crippen MR) is 131 cm³/mol. The van der Waals surface area contributed by atoms with E-state index in [2.05, 4.69) is 20.6 Å². The summed E-state index contributed by atoms with van der Waals surface area (Å²) in [5, 5.41) is 16.1. The van der Waals surface area contributed by atoms with E-state index in [1.165, 1.54) is 12.1 Å². The molecule has 10 nitrogen and oxygen atoms in total. The number of hydrazone groups is 1. The lowest BCUT2D eigenvalue weighted by molar-refractivity contribution is -0.117. The van der Waals surface area contributed by atoms with Crippen LogP contribution in [0, 0.1) is 0 Å². The number of amides is 2. The SMILES string of the molecule is CC1=NN(c2ccccc2Cl)C(=O)C1N=Nc1cc(NC(=O)c2ccccc2)ccc1S(=O)(=O)O. The van der Waals surface area contributed by atoms with Crippen LogP contribution in [0.2, 0.25) is 5.02 Å². The molecule has 1 unspecified atom stereocenters. The molecule has 0 spiro atoms. The van der Waals surface area contributed by atoms with Gasteiger partial charge in [-0.05, 0) is 49.4 Å². The van der Waals surface area contributed by atoms with Crippen LogP contribution in [0.15, 0.2) is 93.0 Å². The lowest BCUT2D eigenvalue weighted by atomic mass is 10.2. The van der Waals surface area contributed by atoms with Gasteiger partial charge in [0.1, 0.15) is 10.6 Å².